The SMILES string of the molecule is CN(C)c1nc(CNS(=O)(=O)c2ccc(Cl)s2)nc(N2CCCCC2)n1. The number of thiophene rings is 1. The lowest BCUT2D eigenvalue weighted by atomic mass is 10.1. The summed E-state index contributed by atoms with van der Waals surface area (Å²) < 4.78 is 27.9. The molecule has 0 amide bonds. The van der Waals surface area contributed by atoms with Crippen molar-refractivity contribution in [2.75, 3.05) is 37.0 Å². The molecule has 0 aliphatic carbocycles. The summed E-state index contributed by atoms with van der Waals surface area (Å²) in [6.45, 7) is 1.79. The standard InChI is InChI=1S/C15H21ClN6O2S2/c1-21(2)14-18-12(19-15(20-14)22-8-4-3-5-9-22)10-17-26(23,24)13-7-6-11(16)25-13/h6-7,17H,3-5,8-10H2,1-2H3. The largest absolute Gasteiger partial charge is 0.347 e. The molecule has 0 radical (unpaired) electrons. The minimum atomic E-state index is -3.65. The first kappa shape index (κ1) is 19.3. The van der Waals surface area contributed by atoms with Gasteiger partial charge in [0.1, 0.15) is 4.21 Å². The van der Waals surface area contributed by atoms with Crippen molar-refractivity contribution in [1.29, 1.82) is 0 Å². The maximum atomic E-state index is 12.4. The van der Waals surface area contributed by atoms with E-state index in [1.54, 1.807) is 11.0 Å². The van der Waals surface area contributed by atoms with Gasteiger partial charge in [-0.1, -0.05) is 11.6 Å². The fourth-order valence-corrected chi connectivity index (χ4v) is 5.09. The molecule has 1 aliphatic heterocycles. The number of hydrogen-bond donors (Lipinski definition) is 1. The number of anilines is 2. The third-order valence-electron chi connectivity index (χ3n) is 3.93. The summed E-state index contributed by atoms with van der Waals surface area (Å²) in [5, 5.41) is 0. The predicted octanol–water partition coefficient (Wildman–Crippen LogP) is 2.12. The van der Waals surface area contributed by atoms with E-state index >= 15 is 0 Å². The lowest BCUT2D eigenvalue weighted by Crippen LogP contribution is -2.32. The van der Waals surface area contributed by atoms with E-state index in [0.717, 1.165) is 37.3 Å². The normalized spacial score (nSPS) is 15.3. The number of piperidine rings is 1. The smallest absolute Gasteiger partial charge is 0.250 e. The number of halogens is 1. The van der Waals surface area contributed by atoms with Crippen LogP contribution in [0.15, 0.2) is 16.3 Å². The van der Waals surface area contributed by atoms with Crippen LogP contribution in [0, 0.1) is 0 Å². The molecule has 1 fully saturated rings. The van der Waals surface area contributed by atoms with Gasteiger partial charge in [-0.2, -0.15) is 15.0 Å². The maximum Gasteiger partial charge on any atom is 0.250 e. The van der Waals surface area contributed by atoms with Gasteiger partial charge in [0, 0.05) is 27.2 Å². The second-order valence-corrected chi connectivity index (χ2v) is 9.89. The Morgan fingerprint density at radius 1 is 1.19 bits per heavy atom. The Hall–Kier alpha value is -1.49. The van der Waals surface area contributed by atoms with Gasteiger partial charge >= 0.3 is 0 Å². The van der Waals surface area contributed by atoms with Gasteiger partial charge in [-0.15, -0.1) is 11.3 Å². The van der Waals surface area contributed by atoms with Gasteiger partial charge in [0.25, 0.3) is 10.0 Å². The van der Waals surface area contributed by atoms with Gasteiger partial charge in [0.2, 0.25) is 11.9 Å². The van der Waals surface area contributed by atoms with E-state index in [2.05, 4.69) is 24.6 Å². The minimum absolute atomic E-state index is 0.0119. The molecule has 11 heteroatoms. The van der Waals surface area contributed by atoms with Crippen molar-refractivity contribution in [1.82, 2.24) is 19.7 Å². The number of nitrogens with zero attached hydrogens (tertiary/aromatic N) is 5. The Morgan fingerprint density at radius 2 is 1.92 bits per heavy atom. The molecule has 0 unspecified atom stereocenters. The van der Waals surface area contributed by atoms with Crippen molar-refractivity contribution in [2.24, 2.45) is 0 Å². The third kappa shape index (κ3) is 4.61. The molecule has 26 heavy (non-hydrogen) atoms. The average Bonchev–Trinajstić information content (AvgIpc) is 3.08. The van der Waals surface area contributed by atoms with Crippen molar-refractivity contribution in [3.8, 4) is 0 Å². The van der Waals surface area contributed by atoms with Crippen LogP contribution >= 0.6 is 22.9 Å². The van der Waals surface area contributed by atoms with Crippen LogP contribution in [0.2, 0.25) is 4.34 Å². The molecule has 2 aromatic rings. The second-order valence-electron chi connectivity index (χ2n) is 6.18. The molecule has 0 bridgehead atoms. The summed E-state index contributed by atoms with van der Waals surface area (Å²) in [6, 6.07) is 3.04. The molecule has 1 N–H and O–H groups in total. The van der Waals surface area contributed by atoms with Gasteiger partial charge in [0.15, 0.2) is 5.82 Å². The van der Waals surface area contributed by atoms with E-state index in [1.807, 2.05) is 14.1 Å². The first-order valence-electron chi connectivity index (χ1n) is 8.27. The number of sulfonamides is 1. The van der Waals surface area contributed by atoms with Crippen LogP contribution in [0.5, 0.6) is 0 Å². The van der Waals surface area contributed by atoms with Crippen LogP contribution in [-0.2, 0) is 16.6 Å². The van der Waals surface area contributed by atoms with Crippen LogP contribution in [0.1, 0.15) is 25.1 Å². The fourth-order valence-electron chi connectivity index (χ4n) is 2.58. The van der Waals surface area contributed by atoms with Gasteiger partial charge in [0.05, 0.1) is 10.9 Å². The summed E-state index contributed by atoms with van der Waals surface area (Å²) in [4.78, 5) is 17.2. The Morgan fingerprint density at radius 3 is 2.54 bits per heavy atom. The Bertz CT molecular complexity index is 865. The van der Waals surface area contributed by atoms with Crippen LogP contribution in [0.4, 0.5) is 11.9 Å². The summed E-state index contributed by atoms with van der Waals surface area (Å²) in [7, 11) is 0.0363. The van der Waals surface area contributed by atoms with Gasteiger partial charge in [-0.05, 0) is 31.4 Å². The lowest BCUT2D eigenvalue weighted by Gasteiger charge is -2.27. The molecule has 1 aliphatic rings. The minimum Gasteiger partial charge on any atom is -0.347 e. The van der Waals surface area contributed by atoms with E-state index < -0.39 is 10.0 Å². The van der Waals surface area contributed by atoms with Crippen LogP contribution in [-0.4, -0.2) is 50.6 Å². The molecular formula is C15H21ClN6O2S2. The highest BCUT2D eigenvalue weighted by atomic mass is 35.5. The van der Waals surface area contributed by atoms with E-state index in [-0.39, 0.29) is 10.8 Å². The van der Waals surface area contributed by atoms with Gasteiger partial charge in [-0.3, -0.25) is 0 Å². The van der Waals surface area contributed by atoms with E-state index in [1.165, 1.54) is 12.5 Å². The monoisotopic (exact) mass is 416 g/mol. The number of aromatic nitrogens is 3. The Kier molecular flexibility index (Phi) is 5.96. The van der Waals surface area contributed by atoms with E-state index in [0.29, 0.717) is 22.1 Å². The van der Waals surface area contributed by atoms with Crippen molar-refractivity contribution >= 4 is 44.9 Å². The fraction of sp³-hybridized carbons (Fsp3) is 0.533. The zero-order valence-corrected chi connectivity index (χ0v) is 17.0. The van der Waals surface area contributed by atoms with Gasteiger partial charge < -0.3 is 9.80 Å². The summed E-state index contributed by atoms with van der Waals surface area (Å²) in [5.74, 6) is 1.49. The highest BCUT2D eigenvalue weighted by Crippen LogP contribution is 2.25. The van der Waals surface area contributed by atoms with Gasteiger partial charge in [-0.25, -0.2) is 13.1 Å². The topological polar surface area (TPSA) is 91.3 Å². The van der Waals surface area contributed by atoms with E-state index in [4.69, 9.17) is 11.6 Å². The Labute approximate surface area is 162 Å². The Balaban J connectivity index is 1.81. The molecular weight excluding hydrogens is 396 g/mol. The van der Waals surface area contributed by atoms with Crippen LogP contribution in [0.3, 0.4) is 0 Å². The lowest BCUT2D eigenvalue weighted by molar-refractivity contribution is 0.563. The third-order valence-corrected chi connectivity index (χ3v) is 7.05. The molecule has 3 heterocycles. The van der Waals surface area contributed by atoms with Crippen molar-refractivity contribution in [2.45, 2.75) is 30.0 Å². The summed E-state index contributed by atoms with van der Waals surface area (Å²) >= 11 is 6.84. The summed E-state index contributed by atoms with van der Waals surface area (Å²) in [5.41, 5.74) is 0. The quantitative estimate of drug-likeness (QED) is 0.771. The molecule has 0 saturated carbocycles. The van der Waals surface area contributed by atoms with Crippen molar-refractivity contribution in [3.63, 3.8) is 0 Å². The van der Waals surface area contributed by atoms with Crippen molar-refractivity contribution < 1.29 is 8.42 Å². The van der Waals surface area contributed by atoms with Crippen LogP contribution in [0.25, 0.3) is 0 Å². The molecule has 3 rings (SSSR count). The highest BCUT2D eigenvalue weighted by molar-refractivity contribution is 7.91. The molecule has 8 nitrogen and oxygen atoms in total. The molecule has 0 spiro atoms. The molecule has 142 valence electrons. The highest BCUT2D eigenvalue weighted by Gasteiger charge is 2.20. The average molecular weight is 417 g/mol. The van der Waals surface area contributed by atoms with Crippen LogP contribution < -0.4 is 14.5 Å². The molecule has 0 aromatic carbocycles. The van der Waals surface area contributed by atoms with Crippen molar-refractivity contribution in [3.05, 3.63) is 22.3 Å². The number of nitrogens with one attached hydrogen (secondary N) is 1. The number of hydrogen-bond acceptors (Lipinski definition) is 8. The molecule has 0 atom stereocenters. The van der Waals surface area contributed by atoms with E-state index in [9.17, 15) is 8.42 Å². The predicted molar refractivity (Wildman–Crippen MR) is 104 cm³/mol. The summed E-state index contributed by atoms with van der Waals surface area (Å²) in [6.07, 6.45) is 3.41. The zero-order valence-electron chi connectivity index (χ0n) is 14.6. The second kappa shape index (κ2) is 8.03. The number of rotatable bonds is 6. The first-order chi connectivity index (χ1) is 12.3. The molecule has 2 aromatic heterocycles. The zero-order chi connectivity index (χ0) is 18.7. The first-order valence-corrected chi connectivity index (χ1v) is 10.9. The maximum absolute atomic E-state index is 12.4. The molecule has 1 saturated heterocycles.